The van der Waals surface area contributed by atoms with Crippen molar-refractivity contribution in [1.29, 1.82) is 0 Å². The van der Waals surface area contributed by atoms with Crippen molar-refractivity contribution in [3.8, 4) is 0 Å². The Bertz CT molecular complexity index is 825. The number of allylic oxidation sites excluding steroid dienone is 2. The topological polar surface area (TPSA) is 26.3 Å². The van der Waals surface area contributed by atoms with Gasteiger partial charge in [0.15, 0.2) is 0 Å². The van der Waals surface area contributed by atoms with E-state index in [9.17, 15) is 4.79 Å². The van der Waals surface area contributed by atoms with E-state index in [4.69, 9.17) is 4.74 Å². The molecule has 0 N–H and O–H groups in total. The maximum absolute atomic E-state index is 12.6. The second-order valence-electron chi connectivity index (χ2n) is 13.6. The second kappa shape index (κ2) is 9.35. The third kappa shape index (κ3) is 3.95. The molecule has 6 aliphatic rings. The van der Waals surface area contributed by atoms with Crippen molar-refractivity contribution in [1.82, 2.24) is 0 Å². The number of hydrogen-bond donors (Lipinski definition) is 0. The number of rotatable bonds is 3. The van der Waals surface area contributed by atoms with Crippen LogP contribution in [0.1, 0.15) is 111 Å². The number of alkyl halides is 3. The number of halogens is 1. The van der Waals surface area contributed by atoms with Gasteiger partial charge in [0.2, 0.25) is 0 Å². The summed E-state index contributed by atoms with van der Waals surface area (Å²) >= 11 is -1.14. The average molecular weight is 581 g/mol. The molecule has 3 saturated heterocycles. The molecular weight excluding hydrogens is 531 g/mol. The van der Waals surface area contributed by atoms with Gasteiger partial charge in [0.05, 0.1) is 0 Å². The molecule has 192 valence electrons. The first-order valence-corrected chi connectivity index (χ1v) is 18.9. The van der Waals surface area contributed by atoms with E-state index < -0.39 is 19.8 Å². The summed E-state index contributed by atoms with van der Waals surface area (Å²) in [5, 5.41) is 0. The summed E-state index contributed by atoms with van der Waals surface area (Å²) in [6, 6.07) is 0. The summed E-state index contributed by atoms with van der Waals surface area (Å²) in [6.45, 7) is 9.83. The molecule has 6 fully saturated rings. The monoisotopic (exact) mass is 580 g/mol. The van der Waals surface area contributed by atoms with Crippen molar-refractivity contribution >= 4 is 25.8 Å². The average Bonchev–Trinajstić information content (AvgIpc) is 3.16. The fraction of sp³-hybridized carbons (Fsp3) is 0.903. The fourth-order valence-corrected chi connectivity index (χ4v) is 20.0. The van der Waals surface area contributed by atoms with Crippen LogP contribution in [0.4, 0.5) is 0 Å². The number of ether oxygens (including phenoxy) is 1. The third-order valence-electron chi connectivity index (χ3n) is 11.8. The number of carbonyl (C=O) groups excluding carboxylic acids is 1. The van der Waals surface area contributed by atoms with E-state index in [1.165, 1.54) is 64.2 Å². The van der Waals surface area contributed by atoms with Crippen molar-refractivity contribution in [3.63, 3.8) is 0 Å². The summed E-state index contributed by atoms with van der Waals surface area (Å²) in [5.74, 6) is 4.82. The van der Waals surface area contributed by atoms with Gasteiger partial charge in [0.25, 0.3) is 0 Å². The summed E-state index contributed by atoms with van der Waals surface area (Å²) in [5.41, 5.74) is 4.55. The first kappa shape index (κ1) is 24.3. The molecule has 3 saturated carbocycles. The predicted octanol–water partition coefficient (Wildman–Crippen LogP) is 8.35. The minimum absolute atomic E-state index is 0.0879. The molecule has 34 heavy (non-hydrogen) atoms. The Morgan fingerprint density at radius 3 is 2.56 bits per heavy atom. The SMILES string of the molecule is CC(C)C1CC(=O)OC(C(C)C2CC(=C3CCC3)C3C4CCC5CCCCC5(C)C4CCI23)C1. The maximum atomic E-state index is 12.6. The van der Waals surface area contributed by atoms with Gasteiger partial charge in [0, 0.05) is 0 Å². The van der Waals surface area contributed by atoms with Crippen molar-refractivity contribution < 1.29 is 9.53 Å². The van der Waals surface area contributed by atoms with Gasteiger partial charge in [-0.2, -0.15) is 0 Å². The molecule has 0 aromatic heterocycles. The molecular formula is C31H49IO2. The minimum atomic E-state index is -1.14. The first-order valence-electron chi connectivity index (χ1n) is 14.9. The number of carbonyl (C=O) groups is 1. The molecule has 0 amide bonds. The predicted molar refractivity (Wildman–Crippen MR) is 149 cm³/mol. The van der Waals surface area contributed by atoms with Crippen molar-refractivity contribution in [3.05, 3.63) is 11.1 Å². The first-order chi connectivity index (χ1) is 16.4. The van der Waals surface area contributed by atoms with Crippen LogP contribution in [0, 0.1) is 40.9 Å². The molecule has 0 bridgehead atoms. The Morgan fingerprint density at radius 1 is 1.00 bits per heavy atom. The summed E-state index contributed by atoms with van der Waals surface area (Å²) in [4.78, 5) is 12.6. The van der Waals surface area contributed by atoms with Crippen LogP contribution in [-0.2, 0) is 9.53 Å². The fourth-order valence-electron chi connectivity index (χ4n) is 9.48. The molecule has 9 unspecified atom stereocenters. The zero-order valence-electron chi connectivity index (χ0n) is 22.3. The van der Waals surface area contributed by atoms with Gasteiger partial charge < -0.3 is 0 Å². The second-order valence-corrected chi connectivity index (χ2v) is 20.1. The molecule has 0 aromatic carbocycles. The number of esters is 1. The van der Waals surface area contributed by atoms with Crippen LogP contribution in [0.15, 0.2) is 11.1 Å². The van der Waals surface area contributed by atoms with Crippen LogP contribution >= 0.6 is 19.8 Å². The van der Waals surface area contributed by atoms with Crippen LogP contribution in [0.3, 0.4) is 0 Å². The van der Waals surface area contributed by atoms with Crippen LogP contribution in [0.5, 0.6) is 0 Å². The molecule has 6 rings (SSSR count). The van der Waals surface area contributed by atoms with Gasteiger partial charge >= 0.3 is 217 Å². The standard InChI is InChI=1S/C31H49IO2/c1-19(2)22-16-28(34-29(33)17-22)20(3)27-18-25(21-8-7-9-21)30-24-12-11-23-10-5-6-14-31(23,4)26(24)13-15-32(27)30/h19-20,22-24,26-28,30H,5-18H2,1-4H3. The van der Waals surface area contributed by atoms with Crippen molar-refractivity contribution in [2.24, 2.45) is 40.9 Å². The normalized spacial score (nSPS) is 46.3. The van der Waals surface area contributed by atoms with Crippen LogP contribution < -0.4 is 0 Å². The van der Waals surface area contributed by atoms with E-state index >= 15 is 0 Å². The molecule has 3 aliphatic heterocycles. The summed E-state index contributed by atoms with van der Waals surface area (Å²) < 4.78 is 9.62. The molecule has 3 heterocycles. The Hall–Kier alpha value is -0.0600. The molecule has 0 radical (unpaired) electrons. The summed E-state index contributed by atoms with van der Waals surface area (Å²) in [7, 11) is 0. The molecule has 3 aliphatic carbocycles. The third-order valence-corrected chi connectivity index (χ3v) is 20.7. The molecule has 9 atom stereocenters. The zero-order valence-corrected chi connectivity index (χ0v) is 24.4. The Labute approximate surface area is 216 Å². The van der Waals surface area contributed by atoms with Crippen molar-refractivity contribution in [2.45, 2.75) is 125 Å². The van der Waals surface area contributed by atoms with Gasteiger partial charge in [-0.15, -0.1) is 0 Å². The van der Waals surface area contributed by atoms with Gasteiger partial charge in [-0.1, -0.05) is 0 Å². The van der Waals surface area contributed by atoms with E-state index in [-0.39, 0.29) is 12.1 Å². The van der Waals surface area contributed by atoms with Gasteiger partial charge in [-0.3, -0.25) is 0 Å². The molecule has 0 spiro atoms. The zero-order chi connectivity index (χ0) is 23.6. The number of fused-ring (bicyclic) bond motifs is 5. The van der Waals surface area contributed by atoms with Crippen LogP contribution in [-0.4, -0.2) is 24.4 Å². The molecule has 0 aromatic rings. The Kier molecular flexibility index (Phi) is 6.68. The van der Waals surface area contributed by atoms with Gasteiger partial charge in [-0.05, 0) is 0 Å². The Balaban J connectivity index is 1.28. The van der Waals surface area contributed by atoms with Crippen LogP contribution in [0.2, 0.25) is 0 Å². The van der Waals surface area contributed by atoms with Crippen LogP contribution in [0.25, 0.3) is 0 Å². The number of hydrogen-bond acceptors (Lipinski definition) is 2. The van der Waals surface area contributed by atoms with E-state index in [0.29, 0.717) is 29.6 Å². The van der Waals surface area contributed by atoms with E-state index in [0.717, 1.165) is 32.0 Å². The van der Waals surface area contributed by atoms with Crippen molar-refractivity contribution in [2.75, 3.05) is 4.43 Å². The Morgan fingerprint density at radius 2 is 1.82 bits per heavy atom. The van der Waals surface area contributed by atoms with E-state index in [1.54, 1.807) is 10.8 Å². The quantitative estimate of drug-likeness (QED) is 0.145. The summed E-state index contributed by atoms with van der Waals surface area (Å²) in [6.07, 6.45) is 18.2. The van der Waals surface area contributed by atoms with E-state index in [1.807, 2.05) is 11.1 Å². The van der Waals surface area contributed by atoms with Gasteiger partial charge in [0.1, 0.15) is 0 Å². The molecule has 3 heteroatoms. The molecule has 2 nitrogen and oxygen atoms in total. The van der Waals surface area contributed by atoms with Gasteiger partial charge in [-0.25, -0.2) is 0 Å². The number of cyclic esters (lactones) is 1. The van der Waals surface area contributed by atoms with E-state index in [2.05, 4.69) is 27.7 Å².